The van der Waals surface area contributed by atoms with E-state index in [1.165, 1.54) is 12.8 Å². The third kappa shape index (κ3) is 8.63. The Balaban J connectivity index is 2.15. The molecular formula is C15H29F3N2O. The zero-order valence-electron chi connectivity index (χ0n) is 13.2. The fraction of sp³-hybridized carbons (Fsp3) is 1.00. The second kappa shape index (κ2) is 9.64. The summed E-state index contributed by atoms with van der Waals surface area (Å²) in [5.74, 6) is 0.640. The highest BCUT2D eigenvalue weighted by atomic mass is 19.4. The average molecular weight is 310 g/mol. The molecule has 0 amide bonds. The summed E-state index contributed by atoms with van der Waals surface area (Å²) in [7, 11) is 0. The van der Waals surface area contributed by atoms with Crippen molar-refractivity contribution >= 4 is 0 Å². The van der Waals surface area contributed by atoms with Crippen molar-refractivity contribution in [3.8, 4) is 0 Å². The molecule has 126 valence electrons. The molecule has 6 heteroatoms. The predicted molar refractivity (Wildman–Crippen MR) is 78.4 cm³/mol. The molecule has 0 aromatic rings. The Morgan fingerprint density at radius 1 is 1.38 bits per heavy atom. The lowest BCUT2D eigenvalue weighted by atomic mass is 9.91. The van der Waals surface area contributed by atoms with Crippen LogP contribution in [0.2, 0.25) is 0 Å². The summed E-state index contributed by atoms with van der Waals surface area (Å²) >= 11 is 0. The van der Waals surface area contributed by atoms with Crippen molar-refractivity contribution in [1.82, 2.24) is 10.2 Å². The van der Waals surface area contributed by atoms with Gasteiger partial charge in [0.15, 0.2) is 0 Å². The van der Waals surface area contributed by atoms with Crippen LogP contribution >= 0.6 is 0 Å². The van der Waals surface area contributed by atoms with Crippen molar-refractivity contribution in [2.24, 2.45) is 5.92 Å². The van der Waals surface area contributed by atoms with E-state index >= 15 is 0 Å². The average Bonchev–Trinajstić information content (AvgIpc) is 2.43. The Bertz CT molecular complexity index is 274. The number of likely N-dealkylation sites (tertiary alicyclic amines) is 1. The van der Waals surface area contributed by atoms with E-state index in [2.05, 4.69) is 28.8 Å². The van der Waals surface area contributed by atoms with E-state index in [9.17, 15) is 13.2 Å². The summed E-state index contributed by atoms with van der Waals surface area (Å²) in [5, 5.41) is 3.54. The van der Waals surface area contributed by atoms with Gasteiger partial charge in [-0.05, 0) is 51.6 Å². The highest BCUT2D eigenvalue weighted by Gasteiger charge is 2.27. The molecule has 1 fully saturated rings. The molecule has 0 bridgehead atoms. The van der Waals surface area contributed by atoms with Crippen LogP contribution in [0.1, 0.15) is 39.5 Å². The zero-order valence-corrected chi connectivity index (χ0v) is 13.2. The van der Waals surface area contributed by atoms with Crippen LogP contribution in [-0.2, 0) is 4.74 Å². The Kier molecular flexibility index (Phi) is 8.59. The maximum Gasteiger partial charge on any atom is 0.411 e. The van der Waals surface area contributed by atoms with E-state index in [-0.39, 0.29) is 6.61 Å². The number of rotatable bonds is 9. The highest BCUT2D eigenvalue weighted by Crippen LogP contribution is 2.20. The molecule has 1 heterocycles. The molecule has 2 unspecified atom stereocenters. The number of nitrogens with one attached hydrogen (secondary N) is 1. The van der Waals surface area contributed by atoms with Crippen LogP contribution in [0.15, 0.2) is 0 Å². The summed E-state index contributed by atoms with van der Waals surface area (Å²) in [4.78, 5) is 2.36. The van der Waals surface area contributed by atoms with Crippen molar-refractivity contribution in [2.45, 2.75) is 51.7 Å². The monoisotopic (exact) mass is 310 g/mol. The number of alkyl halides is 3. The van der Waals surface area contributed by atoms with E-state index in [1.54, 1.807) is 0 Å². The molecule has 0 aromatic carbocycles. The second-order valence-corrected chi connectivity index (χ2v) is 5.97. The highest BCUT2D eigenvalue weighted by molar-refractivity contribution is 4.80. The summed E-state index contributed by atoms with van der Waals surface area (Å²) < 4.78 is 40.5. The molecule has 3 nitrogen and oxygen atoms in total. The first-order chi connectivity index (χ1) is 9.92. The van der Waals surface area contributed by atoms with E-state index < -0.39 is 12.8 Å². The van der Waals surface area contributed by atoms with Gasteiger partial charge >= 0.3 is 6.18 Å². The largest absolute Gasteiger partial charge is 0.411 e. The topological polar surface area (TPSA) is 24.5 Å². The van der Waals surface area contributed by atoms with Gasteiger partial charge in [0, 0.05) is 25.7 Å². The molecule has 1 rings (SSSR count). The van der Waals surface area contributed by atoms with E-state index in [0.29, 0.717) is 18.4 Å². The summed E-state index contributed by atoms with van der Waals surface area (Å²) in [6.45, 7) is 7.41. The van der Waals surface area contributed by atoms with Gasteiger partial charge in [-0.15, -0.1) is 0 Å². The lowest BCUT2D eigenvalue weighted by Gasteiger charge is -2.36. The van der Waals surface area contributed by atoms with Crippen molar-refractivity contribution < 1.29 is 17.9 Å². The lowest BCUT2D eigenvalue weighted by Crippen LogP contribution is -2.45. The van der Waals surface area contributed by atoms with Gasteiger partial charge < -0.3 is 15.0 Å². The van der Waals surface area contributed by atoms with Crippen LogP contribution in [0.4, 0.5) is 13.2 Å². The van der Waals surface area contributed by atoms with Gasteiger partial charge in [0.2, 0.25) is 0 Å². The van der Waals surface area contributed by atoms with Crippen molar-refractivity contribution in [1.29, 1.82) is 0 Å². The van der Waals surface area contributed by atoms with Gasteiger partial charge in [-0.25, -0.2) is 0 Å². The van der Waals surface area contributed by atoms with Gasteiger partial charge in [-0.1, -0.05) is 6.92 Å². The minimum Gasteiger partial charge on any atom is -0.372 e. The summed E-state index contributed by atoms with van der Waals surface area (Å²) in [6.07, 6.45) is -0.00133. The van der Waals surface area contributed by atoms with Crippen LogP contribution in [0.3, 0.4) is 0 Å². The molecule has 0 radical (unpaired) electrons. The first-order valence-corrected chi connectivity index (χ1v) is 8.02. The molecule has 0 spiro atoms. The quantitative estimate of drug-likeness (QED) is 0.663. The number of ether oxygens (including phenoxy) is 1. The van der Waals surface area contributed by atoms with Gasteiger partial charge in [0.25, 0.3) is 0 Å². The lowest BCUT2D eigenvalue weighted by molar-refractivity contribution is -0.174. The van der Waals surface area contributed by atoms with Gasteiger partial charge in [-0.2, -0.15) is 13.2 Å². The first kappa shape index (κ1) is 18.7. The van der Waals surface area contributed by atoms with Crippen LogP contribution in [-0.4, -0.2) is 56.5 Å². The van der Waals surface area contributed by atoms with Crippen molar-refractivity contribution in [3.63, 3.8) is 0 Å². The minimum atomic E-state index is -4.21. The van der Waals surface area contributed by atoms with Crippen LogP contribution in [0, 0.1) is 5.92 Å². The fourth-order valence-electron chi connectivity index (χ4n) is 2.82. The van der Waals surface area contributed by atoms with Crippen molar-refractivity contribution in [2.75, 3.05) is 39.4 Å². The molecule has 1 saturated heterocycles. The maximum atomic E-state index is 11.9. The fourth-order valence-corrected chi connectivity index (χ4v) is 2.82. The minimum absolute atomic E-state index is 0.185. The first-order valence-electron chi connectivity index (χ1n) is 8.02. The van der Waals surface area contributed by atoms with Crippen LogP contribution in [0.5, 0.6) is 0 Å². The Morgan fingerprint density at radius 2 is 2.14 bits per heavy atom. The maximum absolute atomic E-state index is 11.9. The summed E-state index contributed by atoms with van der Waals surface area (Å²) in [6, 6.07) is 0.509. The smallest absolute Gasteiger partial charge is 0.372 e. The second-order valence-electron chi connectivity index (χ2n) is 5.97. The van der Waals surface area contributed by atoms with Crippen LogP contribution in [0.25, 0.3) is 0 Å². The third-order valence-corrected chi connectivity index (χ3v) is 3.99. The van der Waals surface area contributed by atoms with Gasteiger partial charge in [0.05, 0.1) is 0 Å². The predicted octanol–water partition coefficient (Wildman–Crippen LogP) is 3.06. The van der Waals surface area contributed by atoms with Gasteiger partial charge in [0.1, 0.15) is 6.61 Å². The molecular weight excluding hydrogens is 281 g/mol. The molecule has 21 heavy (non-hydrogen) atoms. The number of halogens is 3. The molecule has 0 aromatic heterocycles. The molecule has 1 aliphatic rings. The molecule has 0 aliphatic carbocycles. The standard InChI is InChI=1S/C15H29F3N2O/c1-3-7-19-13(2)14-6-4-8-20(11-14)9-5-10-21-12-15(16,17)18/h13-14,19H,3-12H2,1-2H3. The summed E-state index contributed by atoms with van der Waals surface area (Å²) in [5.41, 5.74) is 0. The Labute approximate surface area is 126 Å². The number of nitrogens with zero attached hydrogens (tertiary/aromatic N) is 1. The molecule has 0 saturated carbocycles. The number of hydrogen-bond donors (Lipinski definition) is 1. The molecule has 2 atom stereocenters. The van der Waals surface area contributed by atoms with E-state index in [4.69, 9.17) is 0 Å². The number of piperidine rings is 1. The third-order valence-electron chi connectivity index (χ3n) is 3.99. The van der Waals surface area contributed by atoms with E-state index in [0.717, 1.165) is 32.6 Å². The van der Waals surface area contributed by atoms with E-state index in [1.807, 2.05) is 0 Å². The zero-order chi connectivity index (χ0) is 15.7. The Hall–Kier alpha value is -0.330. The van der Waals surface area contributed by atoms with Gasteiger partial charge in [-0.3, -0.25) is 0 Å². The molecule has 1 N–H and O–H groups in total. The molecule has 1 aliphatic heterocycles. The van der Waals surface area contributed by atoms with Crippen molar-refractivity contribution in [3.05, 3.63) is 0 Å². The van der Waals surface area contributed by atoms with Crippen LogP contribution < -0.4 is 5.32 Å². The SMILES string of the molecule is CCCNC(C)C1CCCN(CCCOCC(F)(F)F)C1. The number of hydrogen-bond acceptors (Lipinski definition) is 3. The Morgan fingerprint density at radius 3 is 2.81 bits per heavy atom. The normalized spacial score (nSPS) is 22.4.